The number of carbonyl (C=O) groups excluding carboxylic acids is 1. The molecule has 0 unspecified atom stereocenters. The molecule has 0 bridgehead atoms. The number of aromatic nitrogens is 1. The maximum Gasteiger partial charge on any atom is 0.255 e. The highest BCUT2D eigenvalue weighted by molar-refractivity contribution is 7.97. The Morgan fingerprint density at radius 3 is 2.52 bits per heavy atom. The van der Waals surface area contributed by atoms with Crippen molar-refractivity contribution in [2.45, 2.75) is 5.75 Å². The molecule has 1 N–H and O–H groups in total. The summed E-state index contributed by atoms with van der Waals surface area (Å²) in [5.41, 5.74) is 4.55. The maximum atomic E-state index is 12.7. The molecule has 0 aliphatic carbocycles. The predicted octanol–water partition coefficient (Wildman–Crippen LogP) is 6.08. The number of benzene rings is 3. The van der Waals surface area contributed by atoms with Crippen LogP contribution in [0, 0.1) is 0 Å². The lowest BCUT2D eigenvalue weighted by Crippen LogP contribution is -2.12. The average Bonchev–Trinajstić information content (AvgIpc) is 3.13. The second kappa shape index (κ2) is 7.94. The van der Waals surface area contributed by atoms with E-state index < -0.39 is 0 Å². The third-order valence-electron chi connectivity index (χ3n) is 4.23. The Morgan fingerprint density at radius 1 is 1.00 bits per heavy atom. The van der Waals surface area contributed by atoms with Crippen molar-refractivity contribution >= 4 is 44.9 Å². The zero-order valence-corrected chi connectivity index (χ0v) is 16.4. The Bertz CT molecular complexity index is 1050. The van der Waals surface area contributed by atoms with Crippen molar-refractivity contribution in [1.82, 2.24) is 4.98 Å². The Kier molecular flexibility index (Phi) is 5.23. The molecular weight excluding hydrogens is 372 g/mol. The standard InChI is InChI=1S/C22H18N2OS2/c1-26-14-15-10-12-16(13-11-15)21(25)23-18-7-3-2-6-17(18)22-24-19-8-4-5-9-20(19)27-22/h2-13H,14H2,1H3,(H,23,25). The smallest absolute Gasteiger partial charge is 0.255 e. The van der Waals surface area contributed by atoms with Gasteiger partial charge < -0.3 is 5.32 Å². The molecule has 1 heterocycles. The van der Waals surface area contributed by atoms with Gasteiger partial charge in [0.1, 0.15) is 5.01 Å². The molecule has 3 nitrogen and oxygen atoms in total. The number of nitrogens with one attached hydrogen (secondary N) is 1. The second-order valence-electron chi connectivity index (χ2n) is 6.12. The number of carbonyl (C=O) groups is 1. The summed E-state index contributed by atoms with van der Waals surface area (Å²) in [6.07, 6.45) is 2.07. The van der Waals surface area contributed by atoms with Crippen LogP contribution in [0.2, 0.25) is 0 Å². The van der Waals surface area contributed by atoms with E-state index in [1.165, 1.54) is 5.56 Å². The first kappa shape index (κ1) is 17.8. The fraction of sp³-hybridized carbons (Fsp3) is 0.0909. The van der Waals surface area contributed by atoms with Crippen LogP contribution >= 0.6 is 23.1 Å². The average molecular weight is 391 g/mol. The van der Waals surface area contributed by atoms with Crippen LogP contribution in [0.15, 0.2) is 72.8 Å². The van der Waals surface area contributed by atoms with Gasteiger partial charge in [-0.25, -0.2) is 4.98 Å². The lowest BCUT2D eigenvalue weighted by atomic mass is 10.1. The van der Waals surface area contributed by atoms with Crippen LogP contribution in [-0.4, -0.2) is 17.1 Å². The van der Waals surface area contributed by atoms with Crippen LogP contribution in [0.25, 0.3) is 20.8 Å². The van der Waals surface area contributed by atoms with Gasteiger partial charge in [0.05, 0.1) is 15.9 Å². The molecule has 0 aliphatic heterocycles. The van der Waals surface area contributed by atoms with E-state index in [4.69, 9.17) is 4.98 Å². The molecule has 0 atom stereocenters. The molecule has 4 aromatic rings. The van der Waals surface area contributed by atoms with E-state index in [0.717, 1.165) is 32.2 Å². The first-order valence-corrected chi connectivity index (χ1v) is 10.8. The Balaban J connectivity index is 1.62. The molecule has 27 heavy (non-hydrogen) atoms. The number of rotatable bonds is 5. The Labute approximate surface area is 166 Å². The maximum absolute atomic E-state index is 12.7. The lowest BCUT2D eigenvalue weighted by Gasteiger charge is -2.10. The quantitative estimate of drug-likeness (QED) is 0.449. The summed E-state index contributed by atoms with van der Waals surface area (Å²) in [6, 6.07) is 23.6. The predicted molar refractivity (Wildman–Crippen MR) is 117 cm³/mol. The van der Waals surface area contributed by atoms with E-state index in [1.807, 2.05) is 66.7 Å². The summed E-state index contributed by atoms with van der Waals surface area (Å²) in [6.45, 7) is 0. The molecule has 4 rings (SSSR count). The van der Waals surface area contributed by atoms with Crippen molar-refractivity contribution in [2.75, 3.05) is 11.6 Å². The number of anilines is 1. The molecule has 1 aromatic heterocycles. The Morgan fingerprint density at radius 2 is 1.74 bits per heavy atom. The van der Waals surface area contributed by atoms with E-state index in [9.17, 15) is 4.79 Å². The van der Waals surface area contributed by atoms with Crippen molar-refractivity contribution in [3.63, 3.8) is 0 Å². The SMILES string of the molecule is CSCc1ccc(C(=O)Nc2ccccc2-c2nc3ccccc3s2)cc1. The molecule has 0 spiro atoms. The van der Waals surface area contributed by atoms with E-state index >= 15 is 0 Å². The fourth-order valence-corrected chi connectivity index (χ4v) is 4.41. The zero-order chi connectivity index (χ0) is 18.6. The first-order valence-electron chi connectivity index (χ1n) is 8.59. The first-order chi connectivity index (χ1) is 13.2. The largest absolute Gasteiger partial charge is 0.321 e. The van der Waals surface area contributed by atoms with Crippen LogP contribution in [-0.2, 0) is 5.75 Å². The second-order valence-corrected chi connectivity index (χ2v) is 8.01. The zero-order valence-electron chi connectivity index (χ0n) is 14.8. The molecule has 0 fully saturated rings. The van der Waals surface area contributed by atoms with E-state index in [0.29, 0.717) is 5.56 Å². The number of thioether (sulfide) groups is 1. The van der Waals surface area contributed by atoms with Crippen LogP contribution < -0.4 is 5.32 Å². The van der Waals surface area contributed by atoms with Crippen LogP contribution in [0.5, 0.6) is 0 Å². The summed E-state index contributed by atoms with van der Waals surface area (Å²) in [5.74, 6) is 0.835. The number of hydrogen-bond acceptors (Lipinski definition) is 4. The van der Waals surface area contributed by atoms with E-state index in [-0.39, 0.29) is 5.91 Å². The summed E-state index contributed by atoms with van der Waals surface area (Å²) in [7, 11) is 0. The topological polar surface area (TPSA) is 42.0 Å². The molecule has 0 saturated carbocycles. The highest BCUT2D eigenvalue weighted by atomic mass is 32.2. The minimum Gasteiger partial charge on any atom is -0.321 e. The van der Waals surface area contributed by atoms with Gasteiger partial charge in [0.2, 0.25) is 0 Å². The van der Waals surface area contributed by atoms with Gasteiger partial charge in [0, 0.05) is 16.9 Å². The van der Waals surface area contributed by atoms with E-state index in [2.05, 4.69) is 17.6 Å². The molecule has 3 aromatic carbocycles. The van der Waals surface area contributed by atoms with Crippen molar-refractivity contribution in [3.8, 4) is 10.6 Å². The molecular formula is C22H18N2OS2. The normalized spacial score (nSPS) is 10.9. The molecule has 134 valence electrons. The van der Waals surface area contributed by atoms with Crippen molar-refractivity contribution in [3.05, 3.63) is 83.9 Å². The van der Waals surface area contributed by atoms with Gasteiger partial charge in [-0.15, -0.1) is 11.3 Å². The van der Waals surface area contributed by atoms with Gasteiger partial charge >= 0.3 is 0 Å². The number of fused-ring (bicyclic) bond motifs is 1. The summed E-state index contributed by atoms with van der Waals surface area (Å²) < 4.78 is 1.14. The van der Waals surface area contributed by atoms with Crippen LogP contribution in [0.4, 0.5) is 5.69 Å². The highest BCUT2D eigenvalue weighted by Crippen LogP contribution is 2.34. The van der Waals surface area contributed by atoms with Crippen molar-refractivity contribution in [2.24, 2.45) is 0 Å². The van der Waals surface area contributed by atoms with Gasteiger partial charge in [-0.2, -0.15) is 11.8 Å². The van der Waals surface area contributed by atoms with Gasteiger partial charge in [0.15, 0.2) is 0 Å². The monoisotopic (exact) mass is 390 g/mol. The molecule has 5 heteroatoms. The molecule has 1 amide bonds. The van der Waals surface area contributed by atoms with Crippen LogP contribution in [0.3, 0.4) is 0 Å². The molecule has 0 aliphatic rings. The summed E-state index contributed by atoms with van der Waals surface area (Å²) in [4.78, 5) is 17.4. The van der Waals surface area contributed by atoms with Gasteiger partial charge in [-0.05, 0) is 48.2 Å². The number of nitrogens with zero attached hydrogens (tertiary/aromatic N) is 1. The molecule has 0 radical (unpaired) electrons. The number of hydrogen-bond donors (Lipinski definition) is 1. The van der Waals surface area contributed by atoms with Crippen LogP contribution in [0.1, 0.15) is 15.9 Å². The van der Waals surface area contributed by atoms with E-state index in [1.54, 1.807) is 23.1 Å². The molecule has 0 saturated heterocycles. The minimum absolute atomic E-state index is 0.112. The fourth-order valence-electron chi connectivity index (χ4n) is 2.88. The number of amides is 1. The summed E-state index contributed by atoms with van der Waals surface area (Å²) >= 11 is 3.40. The van der Waals surface area contributed by atoms with Gasteiger partial charge in [-0.3, -0.25) is 4.79 Å². The third-order valence-corrected chi connectivity index (χ3v) is 5.92. The van der Waals surface area contributed by atoms with Gasteiger partial charge in [0.25, 0.3) is 5.91 Å². The Hall–Kier alpha value is -2.63. The van der Waals surface area contributed by atoms with Crippen molar-refractivity contribution < 1.29 is 4.79 Å². The van der Waals surface area contributed by atoms with Gasteiger partial charge in [-0.1, -0.05) is 36.4 Å². The number of thiazole rings is 1. The minimum atomic E-state index is -0.112. The number of para-hydroxylation sites is 2. The third kappa shape index (κ3) is 3.89. The lowest BCUT2D eigenvalue weighted by molar-refractivity contribution is 0.102. The van der Waals surface area contributed by atoms with Crippen molar-refractivity contribution in [1.29, 1.82) is 0 Å². The highest BCUT2D eigenvalue weighted by Gasteiger charge is 2.13. The summed E-state index contributed by atoms with van der Waals surface area (Å²) in [5, 5.41) is 3.95.